The van der Waals surface area contributed by atoms with Crippen LogP contribution in [0.5, 0.6) is 0 Å². The van der Waals surface area contributed by atoms with Crippen molar-refractivity contribution in [1.82, 2.24) is 20.4 Å². The molecule has 2 N–H and O–H groups in total. The van der Waals surface area contributed by atoms with Crippen LogP contribution in [0.4, 0.5) is 0 Å². The third-order valence-corrected chi connectivity index (χ3v) is 3.98. The van der Waals surface area contributed by atoms with Crippen molar-refractivity contribution in [3.05, 3.63) is 46.2 Å². The van der Waals surface area contributed by atoms with E-state index in [2.05, 4.69) is 15.7 Å². The van der Waals surface area contributed by atoms with Crippen molar-refractivity contribution in [1.29, 1.82) is 0 Å². The van der Waals surface area contributed by atoms with Gasteiger partial charge in [0.05, 0.1) is 28.6 Å². The Morgan fingerprint density at radius 2 is 1.83 bits per heavy atom. The van der Waals surface area contributed by atoms with Gasteiger partial charge in [0.2, 0.25) is 5.91 Å². The van der Waals surface area contributed by atoms with Gasteiger partial charge >= 0.3 is 0 Å². The minimum absolute atomic E-state index is 0.0428. The molecule has 0 atom stereocenters. The zero-order valence-corrected chi connectivity index (χ0v) is 14.9. The van der Waals surface area contributed by atoms with Crippen molar-refractivity contribution < 1.29 is 9.59 Å². The quantitative estimate of drug-likeness (QED) is 0.871. The van der Waals surface area contributed by atoms with Crippen LogP contribution >= 0.6 is 11.6 Å². The van der Waals surface area contributed by atoms with Crippen molar-refractivity contribution in [3.8, 4) is 5.69 Å². The maximum Gasteiger partial charge on any atom is 0.251 e. The van der Waals surface area contributed by atoms with Crippen LogP contribution in [-0.2, 0) is 4.79 Å². The van der Waals surface area contributed by atoms with Gasteiger partial charge in [-0.15, -0.1) is 0 Å². The van der Waals surface area contributed by atoms with Gasteiger partial charge in [0.1, 0.15) is 0 Å². The van der Waals surface area contributed by atoms with E-state index >= 15 is 0 Å². The molecular weight excluding hydrogens is 328 g/mol. The molecule has 0 saturated heterocycles. The van der Waals surface area contributed by atoms with E-state index in [-0.39, 0.29) is 24.4 Å². The van der Waals surface area contributed by atoms with Crippen LogP contribution in [0, 0.1) is 13.8 Å². The molecule has 6 nitrogen and oxygen atoms in total. The molecule has 0 aliphatic rings. The Morgan fingerprint density at radius 1 is 1.21 bits per heavy atom. The molecule has 128 valence electrons. The second-order valence-corrected chi connectivity index (χ2v) is 6.23. The molecule has 0 radical (unpaired) electrons. The number of aromatic nitrogens is 2. The van der Waals surface area contributed by atoms with Gasteiger partial charge in [-0.2, -0.15) is 5.10 Å². The first-order valence-electron chi connectivity index (χ1n) is 7.69. The Balaban J connectivity index is 2.05. The summed E-state index contributed by atoms with van der Waals surface area (Å²) in [6.07, 6.45) is 0. The molecule has 0 bridgehead atoms. The van der Waals surface area contributed by atoms with Gasteiger partial charge in [-0.3, -0.25) is 9.59 Å². The molecule has 2 amide bonds. The van der Waals surface area contributed by atoms with Gasteiger partial charge in [-0.25, -0.2) is 4.68 Å². The molecule has 2 rings (SSSR count). The summed E-state index contributed by atoms with van der Waals surface area (Å²) in [6, 6.07) is 7.00. The smallest absolute Gasteiger partial charge is 0.251 e. The standard InChI is InChI=1S/C17H21ClN4O2/c1-10(2)20-15(23)9-19-17(24)13-5-7-14(8-6-13)22-12(4)16(18)11(3)21-22/h5-8,10H,9H2,1-4H3,(H,19,24)(H,20,23). The summed E-state index contributed by atoms with van der Waals surface area (Å²) in [5, 5.41) is 10.3. The fourth-order valence-corrected chi connectivity index (χ4v) is 2.38. The lowest BCUT2D eigenvalue weighted by Crippen LogP contribution is -2.39. The van der Waals surface area contributed by atoms with Crippen molar-refractivity contribution in [3.63, 3.8) is 0 Å². The Morgan fingerprint density at radius 3 is 2.33 bits per heavy atom. The molecule has 24 heavy (non-hydrogen) atoms. The highest BCUT2D eigenvalue weighted by molar-refractivity contribution is 6.31. The highest BCUT2D eigenvalue weighted by Crippen LogP contribution is 2.22. The normalized spacial score (nSPS) is 10.8. The van der Waals surface area contributed by atoms with Gasteiger partial charge in [0, 0.05) is 11.6 Å². The Labute approximate surface area is 146 Å². The molecule has 0 aliphatic heterocycles. The van der Waals surface area contributed by atoms with E-state index in [1.165, 1.54) is 0 Å². The largest absolute Gasteiger partial charge is 0.352 e. The summed E-state index contributed by atoms with van der Waals surface area (Å²) in [5.41, 5.74) is 2.89. The van der Waals surface area contributed by atoms with Crippen LogP contribution in [0.15, 0.2) is 24.3 Å². The minimum Gasteiger partial charge on any atom is -0.352 e. The lowest BCUT2D eigenvalue weighted by atomic mass is 10.2. The first kappa shape index (κ1) is 18.0. The fourth-order valence-electron chi connectivity index (χ4n) is 2.26. The first-order valence-corrected chi connectivity index (χ1v) is 8.07. The number of aryl methyl sites for hydroxylation is 1. The first-order chi connectivity index (χ1) is 11.3. The second kappa shape index (κ2) is 7.49. The average Bonchev–Trinajstić information content (AvgIpc) is 2.79. The third kappa shape index (κ3) is 4.14. The van der Waals surface area contributed by atoms with E-state index in [0.717, 1.165) is 17.1 Å². The van der Waals surface area contributed by atoms with E-state index in [1.807, 2.05) is 27.7 Å². The van der Waals surface area contributed by atoms with Crippen LogP contribution in [0.1, 0.15) is 35.6 Å². The molecule has 2 aromatic rings. The van der Waals surface area contributed by atoms with Crippen molar-refractivity contribution in [2.24, 2.45) is 0 Å². The van der Waals surface area contributed by atoms with E-state index in [4.69, 9.17) is 11.6 Å². The second-order valence-electron chi connectivity index (χ2n) is 5.85. The van der Waals surface area contributed by atoms with Gasteiger partial charge in [-0.1, -0.05) is 11.6 Å². The molecule has 7 heteroatoms. The average molecular weight is 349 g/mol. The molecule has 0 unspecified atom stereocenters. The molecular formula is C17H21ClN4O2. The highest BCUT2D eigenvalue weighted by atomic mass is 35.5. The Bertz CT molecular complexity index is 751. The van der Waals surface area contributed by atoms with Crippen LogP contribution in [0.3, 0.4) is 0 Å². The predicted octanol–water partition coefficient (Wildman–Crippen LogP) is 2.40. The van der Waals surface area contributed by atoms with Crippen LogP contribution in [0.25, 0.3) is 5.69 Å². The summed E-state index contributed by atoms with van der Waals surface area (Å²) in [5.74, 6) is -0.515. The van der Waals surface area contributed by atoms with Gasteiger partial charge in [0.25, 0.3) is 5.91 Å². The number of halogens is 1. The highest BCUT2D eigenvalue weighted by Gasteiger charge is 2.12. The number of carbonyl (C=O) groups excluding carboxylic acids is 2. The molecule has 0 saturated carbocycles. The molecule has 1 heterocycles. The molecule has 1 aromatic heterocycles. The summed E-state index contributed by atoms with van der Waals surface area (Å²) in [6.45, 7) is 7.41. The number of nitrogens with zero attached hydrogens (tertiary/aromatic N) is 2. The van der Waals surface area contributed by atoms with Crippen LogP contribution in [-0.4, -0.2) is 34.2 Å². The number of benzene rings is 1. The summed E-state index contributed by atoms with van der Waals surface area (Å²) in [4.78, 5) is 23.6. The number of hydrogen-bond donors (Lipinski definition) is 2. The number of nitrogens with one attached hydrogen (secondary N) is 2. The van der Waals surface area contributed by atoms with E-state index < -0.39 is 0 Å². The third-order valence-electron chi connectivity index (χ3n) is 3.44. The van der Waals surface area contributed by atoms with Gasteiger partial charge in [-0.05, 0) is 52.0 Å². The molecule has 0 spiro atoms. The summed E-state index contributed by atoms with van der Waals surface area (Å²) < 4.78 is 1.73. The summed E-state index contributed by atoms with van der Waals surface area (Å²) in [7, 11) is 0. The zero-order chi connectivity index (χ0) is 17.9. The summed E-state index contributed by atoms with van der Waals surface area (Å²) >= 11 is 6.15. The van der Waals surface area contributed by atoms with Crippen molar-refractivity contribution in [2.45, 2.75) is 33.7 Å². The van der Waals surface area contributed by atoms with E-state index in [9.17, 15) is 9.59 Å². The Hall–Kier alpha value is -2.34. The lowest BCUT2D eigenvalue weighted by molar-refractivity contribution is -0.120. The number of carbonyl (C=O) groups is 2. The number of amides is 2. The maximum absolute atomic E-state index is 12.1. The number of rotatable bonds is 5. The Kier molecular flexibility index (Phi) is 5.62. The van der Waals surface area contributed by atoms with E-state index in [1.54, 1.807) is 28.9 Å². The maximum atomic E-state index is 12.1. The molecule has 0 aliphatic carbocycles. The van der Waals surface area contributed by atoms with Crippen LogP contribution < -0.4 is 10.6 Å². The fraction of sp³-hybridized carbons (Fsp3) is 0.353. The van der Waals surface area contributed by atoms with Gasteiger partial charge in [0.15, 0.2) is 0 Å². The van der Waals surface area contributed by atoms with Crippen molar-refractivity contribution in [2.75, 3.05) is 6.54 Å². The van der Waals surface area contributed by atoms with Crippen LogP contribution in [0.2, 0.25) is 5.02 Å². The molecule has 1 aromatic carbocycles. The lowest BCUT2D eigenvalue weighted by Gasteiger charge is -2.10. The number of hydrogen-bond acceptors (Lipinski definition) is 3. The predicted molar refractivity (Wildman–Crippen MR) is 93.7 cm³/mol. The van der Waals surface area contributed by atoms with Crippen molar-refractivity contribution >= 4 is 23.4 Å². The zero-order valence-electron chi connectivity index (χ0n) is 14.2. The topological polar surface area (TPSA) is 76.0 Å². The minimum atomic E-state index is -0.299. The van der Waals surface area contributed by atoms with Gasteiger partial charge < -0.3 is 10.6 Å². The SMILES string of the molecule is Cc1nn(-c2ccc(C(=O)NCC(=O)NC(C)C)cc2)c(C)c1Cl. The van der Waals surface area contributed by atoms with E-state index in [0.29, 0.717) is 10.6 Å². The monoisotopic (exact) mass is 348 g/mol. The molecule has 0 fully saturated rings.